The van der Waals surface area contributed by atoms with Gasteiger partial charge in [-0.25, -0.2) is 0 Å². The van der Waals surface area contributed by atoms with Crippen LogP contribution in [-0.4, -0.2) is 0 Å². The van der Waals surface area contributed by atoms with Crippen LogP contribution >= 0.6 is 0 Å². The van der Waals surface area contributed by atoms with Gasteiger partial charge in [-0.05, 0) is 0 Å². The second kappa shape index (κ2) is 4.23. The zero-order valence-electron chi connectivity index (χ0n) is 2.67. The van der Waals surface area contributed by atoms with Crippen molar-refractivity contribution in [1.82, 2.24) is 0 Å². The van der Waals surface area contributed by atoms with Crippen molar-refractivity contribution in [3.8, 4) is 0 Å². The fourth-order valence-electron chi connectivity index (χ4n) is 0. The Morgan fingerprint density at radius 3 is 2.00 bits per heavy atom. The van der Waals surface area contributed by atoms with E-state index in [0.717, 1.165) is 2.64 Å². The molecule has 0 fully saturated rings. The fraction of sp³-hybridized carbons (Fsp3) is 1.00. The van der Waals surface area contributed by atoms with Gasteiger partial charge in [-0.1, -0.05) is 0 Å². The fourth-order valence-corrected chi connectivity index (χ4v) is 0. The first-order valence-corrected chi connectivity index (χ1v) is 2.56. The molecule has 0 spiro atoms. The van der Waals surface area contributed by atoms with Crippen LogP contribution in [0, 0.1) is 35.0 Å². The van der Waals surface area contributed by atoms with Crippen molar-refractivity contribution in [2.24, 2.45) is 0 Å². The van der Waals surface area contributed by atoms with E-state index in [1.807, 2.05) is 0 Å². The second-order valence-electron chi connectivity index (χ2n) is 0.629. The molecule has 0 radical (unpaired) electrons. The molecule has 0 bridgehead atoms. The molecular formula is C3H7Lu. The SMILES string of the molecule is CC[CH2][Lu]. The van der Waals surface area contributed by atoms with Gasteiger partial charge in [-0.3, -0.25) is 0 Å². The number of hydrogen-bond acceptors (Lipinski definition) is 0. The standard InChI is InChI=1S/C3H7.Lu/c1-3-2;/h1,3H2,2H3;. The summed E-state index contributed by atoms with van der Waals surface area (Å²) in [5, 5.41) is 0. The van der Waals surface area contributed by atoms with E-state index < -0.39 is 0 Å². The van der Waals surface area contributed by atoms with Crippen molar-refractivity contribution < 1.29 is 35.0 Å². The molecule has 34 valence electrons. The number of hydrogen-bond donors (Lipinski definition) is 0. The summed E-state index contributed by atoms with van der Waals surface area (Å²) < 4.78 is 1.15. The third-order valence-electron chi connectivity index (χ3n) is 0.129. The molecule has 0 nitrogen and oxygen atoms in total. The zero-order valence-corrected chi connectivity index (χ0v) is 4.33. The molecule has 1 heteroatoms. The Bertz CT molecular complexity index is 5.25. The van der Waals surface area contributed by atoms with E-state index in [1.54, 1.807) is 0 Å². The summed E-state index contributed by atoms with van der Waals surface area (Å²) in [5.41, 5.74) is 0. The normalized spacial score (nSPS) is 7.75. The van der Waals surface area contributed by atoms with Crippen LogP contribution < -0.4 is 0 Å². The Morgan fingerprint density at radius 1 is 1.75 bits per heavy atom. The first-order chi connectivity index (χ1) is 1.91. The summed E-state index contributed by atoms with van der Waals surface area (Å²) >= 11 is 3.13. The maximum absolute atomic E-state index is 3.13. The zero-order chi connectivity index (χ0) is 3.41. The topological polar surface area (TPSA) is 0 Å². The summed E-state index contributed by atoms with van der Waals surface area (Å²) in [4.78, 5) is 0. The van der Waals surface area contributed by atoms with Gasteiger partial charge in [0.25, 0.3) is 0 Å². The molecule has 0 aliphatic heterocycles. The molecule has 0 aromatic rings. The quantitative estimate of drug-likeness (QED) is 0.623. The third kappa shape index (κ3) is 3.23. The summed E-state index contributed by atoms with van der Waals surface area (Å²) in [6.07, 6.45) is 1.25. The third-order valence-corrected chi connectivity index (χ3v) is 0.957. The van der Waals surface area contributed by atoms with Gasteiger partial charge in [0.05, 0.1) is 0 Å². The summed E-state index contributed by atoms with van der Waals surface area (Å²) in [5.74, 6) is 0. The van der Waals surface area contributed by atoms with Gasteiger partial charge in [0.2, 0.25) is 0 Å². The van der Waals surface area contributed by atoms with Crippen LogP contribution in [0.5, 0.6) is 0 Å². The van der Waals surface area contributed by atoms with E-state index in [4.69, 9.17) is 0 Å². The van der Waals surface area contributed by atoms with Gasteiger partial charge in [0.15, 0.2) is 0 Å². The minimum absolute atomic E-state index is 1.15. The first kappa shape index (κ1) is 5.23. The predicted octanol–water partition coefficient (Wildman–Crippen LogP) is 1.36. The van der Waals surface area contributed by atoms with Crippen molar-refractivity contribution in [3.05, 3.63) is 0 Å². The molecule has 0 amide bonds. The van der Waals surface area contributed by atoms with Gasteiger partial charge in [0.1, 0.15) is 0 Å². The molecule has 0 heterocycles. The van der Waals surface area contributed by atoms with E-state index in [1.165, 1.54) is 6.42 Å². The van der Waals surface area contributed by atoms with E-state index in [2.05, 4.69) is 41.9 Å². The van der Waals surface area contributed by atoms with Crippen molar-refractivity contribution in [1.29, 1.82) is 0 Å². The molecule has 0 N–H and O–H groups in total. The molecule has 0 aliphatic rings. The predicted molar refractivity (Wildman–Crippen MR) is 15.1 cm³/mol. The van der Waals surface area contributed by atoms with Crippen molar-refractivity contribution in [3.63, 3.8) is 0 Å². The van der Waals surface area contributed by atoms with Crippen molar-refractivity contribution in [2.45, 2.75) is 16.0 Å². The van der Waals surface area contributed by atoms with E-state index in [0.29, 0.717) is 0 Å². The first-order valence-electron chi connectivity index (χ1n) is 1.39. The van der Waals surface area contributed by atoms with Crippen LogP contribution in [0.1, 0.15) is 13.3 Å². The van der Waals surface area contributed by atoms with Gasteiger partial charge < -0.3 is 0 Å². The van der Waals surface area contributed by atoms with Crippen molar-refractivity contribution in [2.75, 3.05) is 0 Å². The summed E-state index contributed by atoms with van der Waals surface area (Å²) in [6.45, 7) is 2.14. The Balaban J connectivity index is 1.97. The van der Waals surface area contributed by atoms with Crippen LogP contribution in [0.3, 0.4) is 0 Å². The van der Waals surface area contributed by atoms with E-state index >= 15 is 0 Å². The summed E-state index contributed by atoms with van der Waals surface area (Å²) in [6, 6.07) is 0. The molecule has 4 heavy (non-hydrogen) atoms. The average molecular weight is 218 g/mol. The Kier molecular flexibility index (Phi) is 5.54. The monoisotopic (exact) mass is 218 g/mol. The molecule has 0 rings (SSSR count). The van der Waals surface area contributed by atoms with Crippen LogP contribution in [0.2, 0.25) is 2.64 Å². The van der Waals surface area contributed by atoms with Gasteiger partial charge in [-0.15, -0.1) is 0 Å². The Morgan fingerprint density at radius 2 is 2.00 bits per heavy atom. The molecule has 0 atom stereocenters. The van der Waals surface area contributed by atoms with Gasteiger partial charge in [0, 0.05) is 0 Å². The van der Waals surface area contributed by atoms with Crippen LogP contribution in [-0.2, 0) is 0 Å². The second-order valence-corrected chi connectivity index (χ2v) is 1.46. The Labute approximate surface area is 50.6 Å². The maximum atomic E-state index is 3.13. The molecule has 0 aliphatic carbocycles. The van der Waals surface area contributed by atoms with E-state index in [9.17, 15) is 0 Å². The molecule has 0 aromatic carbocycles. The van der Waals surface area contributed by atoms with Crippen LogP contribution in [0.4, 0.5) is 0 Å². The Hall–Kier alpha value is 1.23. The average Bonchev–Trinajstić information content (AvgIpc) is 1.37. The van der Waals surface area contributed by atoms with E-state index in [-0.39, 0.29) is 0 Å². The van der Waals surface area contributed by atoms with Crippen LogP contribution in [0.25, 0.3) is 0 Å². The number of rotatable bonds is 1. The molecule has 0 saturated heterocycles. The van der Waals surface area contributed by atoms with Gasteiger partial charge >= 0.3 is 50.9 Å². The molecule has 0 saturated carbocycles. The molecular weight excluding hydrogens is 211 g/mol. The summed E-state index contributed by atoms with van der Waals surface area (Å²) in [7, 11) is 0. The molecule has 0 unspecified atom stereocenters. The molecule has 0 aromatic heterocycles. The minimum atomic E-state index is 1.15. The van der Waals surface area contributed by atoms with Crippen LogP contribution in [0.15, 0.2) is 0 Å². The van der Waals surface area contributed by atoms with Gasteiger partial charge in [-0.2, -0.15) is 0 Å². The van der Waals surface area contributed by atoms with Crippen molar-refractivity contribution >= 4 is 0 Å².